The molecule has 0 aliphatic heterocycles. The molecule has 1 aromatic rings. The number of aryl methyl sites for hydroxylation is 1. The molecule has 0 heterocycles. The molecule has 0 bridgehead atoms. The summed E-state index contributed by atoms with van der Waals surface area (Å²) in [5, 5.41) is 8.85. The van der Waals surface area contributed by atoms with Crippen molar-refractivity contribution in [2.45, 2.75) is 55.6 Å². The molecule has 1 fully saturated rings. The van der Waals surface area contributed by atoms with E-state index < -0.39 is 15.8 Å². The minimum absolute atomic E-state index is 0.101. The summed E-state index contributed by atoms with van der Waals surface area (Å²) in [6.45, 7) is 1.86. The number of carbonyl (C=O) groups is 1. The molecule has 1 aromatic carbocycles. The third-order valence-corrected chi connectivity index (χ3v) is 6.27. The van der Waals surface area contributed by atoms with Gasteiger partial charge in [-0.1, -0.05) is 32.3 Å². The summed E-state index contributed by atoms with van der Waals surface area (Å²) >= 11 is 0. The Morgan fingerprint density at radius 3 is 2.45 bits per heavy atom. The van der Waals surface area contributed by atoms with Crippen LogP contribution in [0, 0.1) is 0 Å². The SMILES string of the molecule is CCc1ccc(S(=O)(=O)C2CCCCC2)cc1C(=O)O. The summed E-state index contributed by atoms with van der Waals surface area (Å²) in [6.07, 6.45) is 4.89. The molecule has 2 rings (SSSR count). The molecule has 5 heteroatoms. The summed E-state index contributed by atoms with van der Waals surface area (Å²) in [5.41, 5.74) is 0.768. The Labute approximate surface area is 119 Å². The van der Waals surface area contributed by atoms with Crippen molar-refractivity contribution in [3.8, 4) is 0 Å². The van der Waals surface area contributed by atoms with Gasteiger partial charge in [-0.3, -0.25) is 0 Å². The minimum Gasteiger partial charge on any atom is -0.478 e. The molecule has 1 saturated carbocycles. The highest BCUT2D eigenvalue weighted by molar-refractivity contribution is 7.92. The number of hydrogen-bond donors (Lipinski definition) is 1. The highest BCUT2D eigenvalue weighted by atomic mass is 32.2. The third kappa shape index (κ3) is 2.87. The number of benzene rings is 1. The van der Waals surface area contributed by atoms with Gasteiger partial charge in [-0.2, -0.15) is 0 Å². The van der Waals surface area contributed by atoms with Crippen molar-refractivity contribution < 1.29 is 18.3 Å². The number of carboxylic acid groups (broad SMARTS) is 1. The Hall–Kier alpha value is -1.36. The zero-order valence-corrected chi connectivity index (χ0v) is 12.4. The average molecular weight is 296 g/mol. The first-order valence-electron chi connectivity index (χ1n) is 7.07. The topological polar surface area (TPSA) is 71.4 Å². The van der Waals surface area contributed by atoms with E-state index in [1.165, 1.54) is 6.07 Å². The molecule has 0 radical (unpaired) electrons. The fourth-order valence-electron chi connectivity index (χ4n) is 2.81. The Balaban J connectivity index is 2.41. The lowest BCUT2D eigenvalue weighted by Crippen LogP contribution is -2.24. The highest BCUT2D eigenvalue weighted by Crippen LogP contribution is 2.29. The van der Waals surface area contributed by atoms with Gasteiger partial charge in [-0.05, 0) is 37.0 Å². The second-order valence-electron chi connectivity index (χ2n) is 5.28. The van der Waals surface area contributed by atoms with Gasteiger partial charge in [0.1, 0.15) is 0 Å². The van der Waals surface area contributed by atoms with Gasteiger partial charge < -0.3 is 5.11 Å². The molecule has 0 aromatic heterocycles. The second-order valence-corrected chi connectivity index (χ2v) is 7.51. The maximum Gasteiger partial charge on any atom is 0.336 e. The summed E-state index contributed by atoms with van der Waals surface area (Å²) in [4.78, 5) is 11.4. The monoisotopic (exact) mass is 296 g/mol. The number of hydrogen-bond acceptors (Lipinski definition) is 3. The van der Waals surface area contributed by atoms with E-state index in [1.54, 1.807) is 12.1 Å². The van der Waals surface area contributed by atoms with Crippen molar-refractivity contribution in [3.63, 3.8) is 0 Å². The van der Waals surface area contributed by atoms with E-state index in [4.69, 9.17) is 0 Å². The second kappa shape index (κ2) is 5.95. The number of aromatic carboxylic acids is 1. The number of carboxylic acids is 1. The van der Waals surface area contributed by atoms with Crippen molar-refractivity contribution >= 4 is 15.8 Å². The van der Waals surface area contributed by atoms with Crippen LogP contribution in [0.2, 0.25) is 0 Å². The van der Waals surface area contributed by atoms with Gasteiger partial charge in [0.2, 0.25) is 0 Å². The van der Waals surface area contributed by atoms with Crippen molar-refractivity contribution in [2.75, 3.05) is 0 Å². The Morgan fingerprint density at radius 2 is 1.90 bits per heavy atom. The number of rotatable bonds is 4. The van der Waals surface area contributed by atoms with Crippen molar-refractivity contribution in [1.29, 1.82) is 0 Å². The molecule has 20 heavy (non-hydrogen) atoms. The van der Waals surface area contributed by atoms with Gasteiger partial charge in [-0.25, -0.2) is 13.2 Å². The number of sulfone groups is 1. The van der Waals surface area contributed by atoms with Crippen molar-refractivity contribution in [1.82, 2.24) is 0 Å². The highest BCUT2D eigenvalue weighted by Gasteiger charge is 2.29. The molecule has 1 aliphatic carbocycles. The molecule has 0 amide bonds. The zero-order valence-electron chi connectivity index (χ0n) is 11.6. The van der Waals surface area contributed by atoms with Crippen LogP contribution in [0.5, 0.6) is 0 Å². The molecule has 1 aliphatic rings. The molecule has 0 atom stereocenters. The van der Waals surface area contributed by atoms with Gasteiger partial charge in [0.25, 0.3) is 0 Å². The van der Waals surface area contributed by atoms with E-state index >= 15 is 0 Å². The van der Waals surface area contributed by atoms with Gasteiger partial charge in [0.05, 0.1) is 15.7 Å². The van der Waals surface area contributed by atoms with Crippen LogP contribution < -0.4 is 0 Å². The van der Waals surface area contributed by atoms with Gasteiger partial charge in [0.15, 0.2) is 9.84 Å². The van der Waals surface area contributed by atoms with E-state index in [0.717, 1.165) is 19.3 Å². The van der Waals surface area contributed by atoms with Crippen LogP contribution in [0.3, 0.4) is 0 Å². The van der Waals surface area contributed by atoms with E-state index in [2.05, 4.69) is 0 Å². The maximum absolute atomic E-state index is 12.6. The third-order valence-electron chi connectivity index (χ3n) is 4.01. The van der Waals surface area contributed by atoms with Gasteiger partial charge in [-0.15, -0.1) is 0 Å². The van der Waals surface area contributed by atoms with E-state index in [1.807, 2.05) is 6.92 Å². The Morgan fingerprint density at radius 1 is 1.25 bits per heavy atom. The van der Waals surface area contributed by atoms with Crippen LogP contribution in [0.1, 0.15) is 54.9 Å². The molecule has 110 valence electrons. The van der Waals surface area contributed by atoms with Crippen LogP contribution in [-0.2, 0) is 16.3 Å². The summed E-state index contributed by atoms with van der Waals surface area (Å²) in [5.74, 6) is -1.07. The summed E-state index contributed by atoms with van der Waals surface area (Å²) < 4.78 is 25.1. The first kappa shape index (κ1) is 15.0. The summed E-state index contributed by atoms with van der Waals surface area (Å²) in [6, 6.07) is 4.50. The lowest BCUT2D eigenvalue weighted by molar-refractivity contribution is 0.0695. The average Bonchev–Trinajstić information content (AvgIpc) is 2.47. The van der Waals surface area contributed by atoms with Crippen LogP contribution >= 0.6 is 0 Å². The lowest BCUT2D eigenvalue weighted by Gasteiger charge is -2.22. The molecule has 0 unspecified atom stereocenters. The smallest absolute Gasteiger partial charge is 0.336 e. The van der Waals surface area contributed by atoms with Gasteiger partial charge >= 0.3 is 5.97 Å². The van der Waals surface area contributed by atoms with E-state index in [-0.39, 0.29) is 15.7 Å². The van der Waals surface area contributed by atoms with Crippen LogP contribution in [-0.4, -0.2) is 24.7 Å². The predicted octanol–water partition coefficient (Wildman–Crippen LogP) is 3.05. The fourth-order valence-corrected chi connectivity index (χ4v) is 4.69. The maximum atomic E-state index is 12.6. The molecular weight excluding hydrogens is 276 g/mol. The first-order chi connectivity index (χ1) is 9.46. The van der Waals surface area contributed by atoms with E-state index in [9.17, 15) is 18.3 Å². The minimum atomic E-state index is -3.41. The first-order valence-corrected chi connectivity index (χ1v) is 8.61. The standard InChI is InChI=1S/C15H20O4S/c1-2-11-8-9-13(10-14(11)15(16)17)20(18,19)12-6-4-3-5-7-12/h8-10,12H,2-7H2,1H3,(H,16,17). The van der Waals surface area contributed by atoms with Crippen LogP contribution in [0.15, 0.2) is 23.1 Å². The normalized spacial score (nSPS) is 17.1. The zero-order chi connectivity index (χ0) is 14.8. The Kier molecular flexibility index (Phi) is 4.48. The summed E-state index contributed by atoms with van der Waals surface area (Å²) in [7, 11) is -3.41. The molecule has 0 spiro atoms. The van der Waals surface area contributed by atoms with E-state index in [0.29, 0.717) is 24.8 Å². The molecule has 1 N–H and O–H groups in total. The van der Waals surface area contributed by atoms with Crippen LogP contribution in [0.25, 0.3) is 0 Å². The van der Waals surface area contributed by atoms with Crippen molar-refractivity contribution in [3.05, 3.63) is 29.3 Å². The lowest BCUT2D eigenvalue weighted by atomic mass is 10.0. The molecule has 0 saturated heterocycles. The fraction of sp³-hybridized carbons (Fsp3) is 0.533. The molecule has 4 nitrogen and oxygen atoms in total. The van der Waals surface area contributed by atoms with Crippen molar-refractivity contribution in [2.24, 2.45) is 0 Å². The predicted molar refractivity (Wildman–Crippen MR) is 76.8 cm³/mol. The molecular formula is C15H20O4S. The largest absolute Gasteiger partial charge is 0.478 e. The Bertz CT molecular complexity index is 598. The van der Waals surface area contributed by atoms with Gasteiger partial charge in [0, 0.05) is 0 Å². The van der Waals surface area contributed by atoms with Crippen LogP contribution in [0.4, 0.5) is 0 Å². The quantitative estimate of drug-likeness (QED) is 0.927.